The number of hydrazone groups is 1. The number of urea groups is 2. The number of carbonyl (C=O) groups excluding carboxylic acids is 5. The van der Waals surface area contributed by atoms with Crippen molar-refractivity contribution >= 4 is 53.8 Å². The molecule has 3 N–H and O–H groups in total. The van der Waals surface area contributed by atoms with Gasteiger partial charge >= 0.3 is 24.0 Å². The van der Waals surface area contributed by atoms with Crippen LogP contribution in [0.5, 0.6) is 0 Å². The molecule has 1 aromatic carbocycles. The summed E-state index contributed by atoms with van der Waals surface area (Å²) in [6.07, 6.45) is 4.61. The minimum atomic E-state index is -1.36. The summed E-state index contributed by atoms with van der Waals surface area (Å²) in [7, 11) is 0. The number of hydrogen-bond donors (Lipinski definition) is 3. The van der Waals surface area contributed by atoms with Crippen LogP contribution in [-0.4, -0.2) is 104 Å². The van der Waals surface area contributed by atoms with Gasteiger partial charge in [-0.25, -0.2) is 24.3 Å². The van der Waals surface area contributed by atoms with Crippen LogP contribution in [0.2, 0.25) is 0 Å². The number of ether oxygens (including phenoxy) is 1. The van der Waals surface area contributed by atoms with Crippen LogP contribution in [0, 0.1) is 0 Å². The molecule has 4 heterocycles. The molecule has 16 heteroatoms. The molecule has 0 saturated carbocycles. The van der Waals surface area contributed by atoms with Crippen molar-refractivity contribution in [1.29, 1.82) is 0 Å². The minimum absolute atomic E-state index is 0.0208. The molecule has 3 atom stereocenters. The Balaban J connectivity index is 1.28. The third-order valence-corrected chi connectivity index (χ3v) is 8.26. The molecule has 0 bridgehead atoms. The Hall–Kier alpha value is -5.25. The first-order chi connectivity index (χ1) is 21.2. The van der Waals surface area contributed by atoms with Gasteiger partial charge in [0.2, 0.25) is 5.91 Å². The van der Waals surface area contributed by atoms with Gasteiger partial charge in [0, 0.05) is 36.2 Å². The number of esters is 1. The van der Waals surface area contributed by atoms with Gasteiger partial charge in [0.15, 0.2) is 0 Å². The Bertz CT molecular complexity index is 1550. The first kappa shape index (κ1) is 30.2. The second kappa shape index (κ2) is 12.9. The Morgan fingerprint density at radius 3 is 2.61 bits per heavy atom. The van der Waals surface area contributed by atoms with Crippen molar-refractivity contribution in [2.24, 2.45) is 5.10 Å². The normalized spacial score (nSPS) is 20.2. The fraction of sp³-hybridized carbons (Fsp3) is 0.286. The summed E-state index contributed by atoms with van der Waals surface area (Å²) < 4.78 is 4.94. The fourth-order valence-electron chi connectivity index (χ4n) is 4.78. The van der Waals surface area contributed by atoms with Crippen molar-refractivity contribution in [2.75, 3.05) is 25.4 Å². The van der Waals surface area contributed by atoms with E-state index >= 15 is 0 Å². The number of imide groups is 1. The summed E-state index contributed by atoms with van der Waals surface area (Å²) in [5, 5.41) is 19.5. The van der Waals surface area contributed by atoms with Crippen molar-refractivity contribution in [3.63, 3.8) is 0 Å². The van der Waals surface area contributed by atoms with Gasteiger partial charge in [-0.2, -0.15) is 5.10 Å². The van der Waals surface area contributed by atoms with Crippen LogP contribution in [0.1, 0.15) is 24.1 Å². The van der Waals surface area contributed by atoms with Crippen LogP contribution in [0.4, 0.5) is 9.59 Å². The number of hydrogen-bond acceptors (Lipinski definition) is 10. The molecule has 0 spiro atoms. The number of pyridine rings is 1. The highest BCUT2D eigenvalue weighted by atomic mass is 32.2. The number of aromatic nitrogens is 1. The first-order valence-corrected chi connectivity index (χ1v) is 14.4. The number of β-lactam (4-membered cyclic amide) rings is 1. The Kier molecular flexibility index (Phi) is 8.89. The average Bonchev–Trinajstić information content (AvgIpc) is 3.40. The lowest BCUT2D eigenvalue weighted by Gasteiger charge is -2.49. The average molecular weight is 622 g/mol. The molecule has 44 heavy (non-hydrogen) atoms. The maximum absolute atomic E-state index is 13.5. The lowest BCUT2D eigenvalue weighted by molar-refractivity contribution is -0.151. The molecule has 3 aliphatic heterocycles. The largest absolute Gasteiger partial charge is 0.477 e. The van der Waals surface area contributed by atoms with Gasteiger partial charge < -0.3 is 20.5 Å². The van der Waals surface area contributed by atoms with Gasteiger partial charge in [-0.15, -0.1) is 11.8 Å². The number of amides is 6. The Labute approximate surface area is 254 Å². The van der Waals surface area contributed by atoms with E-state index in [2.05, 4.69) is 20.7 Å². The van der Waals surface area contributed by atoms with Crippen LogP contribution in [0.25, 0.3) is 0 Å². The zero-order valence-electron chi connectivity index (χ0n) is 23.3. The van der Waals surface area contributed by atoms with Crippen LogP contribution in [0.15, 0.2) is 71.2 Å². The first-order valence-electron chi connectivity index (χ1n) is 13.4. The van der Waals surface area contributed by atoms with Crippen LogP contribution < -0.4 is 10.6 Å². The highest BCUT2D eigenvalue weighted by molar-refractivity contribution is 8.00. The van der Waals surface area contributed by atoms with Crippen LogP contribution >= 0.6 is 11.8 Å². The highest BCUT2D eigenvalue weighted by Gasteiger charge is 2.54. The third-order valence-electron chi connectivity index (χ3n) is 6.92. The van der Waals surface area contributed by atoms with Crippen molar-refractivity contribution in [1.82, 2.24) is 30.4 Å². The van der Waals surface area contributed by atoms with Crippen LogP contribution in [0.3, 0.4) is 0 Å². The summed E-state index contributed by atoms with van der Waals surface area (Å²) in [5.74, 6) is -3.19. The monoisotopic (exact) mass is 621 g/mol. The number of carboxylic acids is 1. The van der Waals surface area contributed by atoms with E-state index < -0.39 is 53.3 Å². The van der Waals surface area contributed by atoms with Gasteiger partial charge in [-0.1, -0.05) is 36.4 Å². The topological polar surface area (TPSA) is 191 Å². The maximum Gasteiger partial charge on any atom is 0.352 e. The molecule has 15 nitrogen and oxygen atoms in total. The lowest BCUT2D eigenvalue weighted by atomic mass is 10.0. The number of rotatable bonds is 9. The summed E-state index contributed by atoms with van der Waals surface area (Å²) in [6, 6.07) is 7.86. The van der Waals surface area contributed by atoms with E-state index in [9.17, 15) is 33.9 Å². The van der Waals surface area contributed by atoms with Gasteiger partial charge in [-0.05, 0) is 11.6 Å². The third kappa shape index (κ3) is 6.24. The smallest absolute Gasteiger partial charge is 0.352 e. The second-order valence-electron chi connectivity index (χ2n) is 9.82. The number of nitrogens with zero attached hydrogens (tertiary/aromatic N) is 5. The molecule has 228 valence electrons. The molecule has 0 radical (unpaired) electrons. The minimum Gasteiger partial charge on any atom is -0.477 e. The molecule has 3 aliphatic rings. The Morgan fingerprint density at radius 2 is 1.93 bits per heavy atom. The SMILES string of the molecule is CC(=O)OCC1=C(C(=O)O)N2C(=O)C(NC(=O)[C@H](NC(=O)N3CCN(N=Cc4cccnc4)C3=O)c3ccccc3)[C@H]2SC1. The number of nitrogens with one attached hydrogen (secondary N) is 2. The molecule has 1 unspecified atom stereocenters. The Morgan fingerprint density at radius 1 is 1.16 bits per heavy atom. The summed E-state index contributed by atoms with van der Waals surface area (Å²) >= 11 is 1.21. The van der Waals surface area contributed by atoms with Crippen molar-refractivity contribution in [3.05, 3.63) is 77.3 Å². The molecule has 2 aromatic rings. The molecular weight excluding hydrogens is 594 g/mol. The molecule has 5 rings (SSSR count). The van der Waals surface area contributed by atoms with Crippen molar-refractivity contribution in [3.8, 4) is 0 Å². The zero-order chi connectivity index (χ0) is 31.4. The molecule has 6 amide bonds. The summed E-state index contributed by atoms with van der Waals surface area (Å²) in [6.45, 7) is 1.07. The van der Waals surface area contributed by atoms with Crippen molar-refractivity contribution < 1.29 is 38.6 Å². The number of carboxylic acid groups (broad SMARTS) is 1. The standard InChI is InChI=1S/C28H27N7O8S/c1-16(36)43-14-19-15-44-25-21(24(38)35(25)22(19)26(39)40)31-23(37)20(18-7-3-2-4-8-18)32-27(41)33-10-11-34(28(33)42)30-13-17-6-5-9-29-12-17/h2-9,12-13,20-21,25H,10-11,14-15H2,1H3,(H,31,37)(H,32,41)(H,39,40)/t20-,21?,25-/m1/s1. The molecular formula is C28H27N7O8S. The predicted octanol–water partition coefficient (Wildman–Crippen LogP) is 0.906. The molecule has 1 aromatic heterocycles. The van der Waals surface area contributed by atoms with E-state index in [-0.39, 0.29) is 36.7 Å². The van der Waals surface area contributed by atoms with E-state index in [0.717, 1.165) is 14.8 Å². The quantitative estimate of drug-likeness (QED) is 0.206. The van der Waals surface area contributed by atoms with Gasteiger partial charge in [0.1, 0.15) is 29.8 Å². The number of thioether (sulfide) groups is 1. The van der Waals surface area contributed by atoms with E-state index in [1.807, 2.05) is 0 Å². The second-order valence-corrected chi connectivity index (χ2v) is 10.9. The van der Waals surface area contributed by atoms with Gasteiger partial charge in [0.05, 0.1) is 19.3 Å². The lowest BCUT2D eigenvalue weighted by Crippen LogP contribution is -2.71. The summed E-state index contributed by atoms with van der Waals surface area (Å²) in [4.78, 5) is 82.0. The molecule has 2 saturated heterocycles. The number of aliphatic carboxylic acids is 1. The fourth-order valence-corrected chi connectivity index (χ4v) is 6.10. The van der Waals surface area contributed by atoms with Crippen molar-refractivity contribution in [2.45, 2.75) is 24.4 Å². The van der Waals surface area contributed by atoms with Crippen LogP contribution in [-0.2, 0) is 23.9 Å². The van der Waals surface area contributed by atoms with Gasteiger partial charge in [0.25, 0.3) is 5.91 Å². The number of benzene rings is 1. The molecule has 2 fully saturated rings. The summed E-state index contributed by atoms with van der Waals surface area (Å²) in [5.41, 5.74) is 1.03. The maximum atomic E-state index is 13.5. The van der Waals surface area contributed by atoms with E-state index in [1.165, 1.54) is 24.9 Å². The van der Waals surface area contributed by atoms with Gasteiger partial charge in [-0.3, -0.25) is 24.3 Å². The number of carbonyl (C=O) groups is 6. The molecule has 0 aliphatic carbocycles. The van der Waals surface area contributed by atoms with E-state index in [0.29, 0.717) is 11.1 Å². The highest BCUT2D eigenvalue weighted by Crippen LogP contribution is 2.40. The van der Waals surface area contributed by atoms with E-state index in [4.69, 9.17) is 4.74 Å². The zero-order valence-corrected chi connectivity index (χ0v) is 24.1. The van der Waals surface area contributed by atoms with E-state index in [1.54, 1.807) is 54.9 Å². The number of fused-ring (bicyclic) bond motifs is 1. The predicted molar refractivity (Wildman–Crippen MR) is 155 cm³/mol.